The van der Waals surface area contributed by atoms with Crippen molar-refractivity contribution in [2.45, 2.75) is 62.5 Å². The number of methoxy groups -OCH3 is 1. The van der Waals surface area contributed by atoms with Crippen LogP contribution in [0.1, 0.15) is 43.4 Å². The summed E-state index contributed by atoms with van der Waals surface area (Å²) in [5.74, 6) is -1.73. The van der Waals surface area contributed by atoms with Crippen LogP contribution < -0.4 is 20.7 Å². The summed E-state index contributed by atoms with van der Waals surface area (Å²) in [6.07, 6.45) is -7.16. The Morgan fingerprint density at radius 3 is 2.12 bits per heavy atom. The van der Waals surface area contributed by atoms with Crippen molar-refractivity contribution < 1.29 is 51.6 Å². The van der Waals surface area contributed by atoms with E-state index in [-0.39, 0.29) is 35.9 Å². The maximum absolute atomic E-state index is 13.2. The maximum Gasteiger partial charge on any atom is 0.471 e. The van der Waals surface area contributed by atoms with Crippen LogP contribution in [0.4, 0.5) is 23.8 Å². The average Bonchev–Trinajstić information content (AvgIpc) is 3.77. The van der Waals surface area contributed by atoms with E-state index in [1.54, 1.807) is 24.6 Å². The average molecular weight is 806 g/mol. The Hall–Kier alpha value is -6.11. The molecule has 0 radical (unpaired) electrons. The topological polar surface area (TPSA) is 188 Å². The van der Waals surface area contributed by atoms with Gasteiger partial charge in [-0.05, 0) is 42.2 Å². The summed E-state index contributed by atoms with van der Waals surface area (Å²) in [5.41, 5.74) is -0.468. The van der Waals surface area contributed by atoms with Crippen LogP contribution in [0.2, 0.25) is 0 Å². The van der Waals surface area contributed by atoms with Crippen molar-refractivity contribution in [2.24, 2.45) is 0 Å². The van der Waals surface area contributed by atoms with E-state index < -0.39 is 60.9 Å². The molecule has 0 unspecified atom stereocenters. The molecule has 5 aromatic rings. The number of alkyl carbamates (subject to hydrolysis) is 1. The second-order valence-corrected chi connectivity index (χ2v) is 13.5. The summed E-state index contributed by atoms with van der Waals surface area (Å²) >= 11 is 0. The Morgan fingerprint density at radius 1 is 0.897 bits per heavy atom. The first kappa shape index (κ1) is 41.5. The van der Waals surface area contributed by atoms with Crippen molar-refractivity contribution in [1.29, 1.82) is 0 Å². The van der Waals surface area contributed by atoms with Gasteiger partial charge in [-0.25, -0.2) is 19.7 Å². The van der Waals surface area contributed by atoms with E-state index in [9.17, 15) is 32.7 Å². The molecule has 0 spiro atoms. The third kappa shape index (κ3) is 8.58. The number of amides is 3. The highest BCUT2D eigenvalue weighted by Gasteiger charge is 2.57. The van der Waals surface area contributed by atoms with Gasteiger partial charge >= 0.3 is 18.2 Å². The number of nitrogens with one attached hydrogen (secondary N) is 3. The van der Waals surface area contributed by atoms with Crippen LogP contribution in [0, 0.1) is 0 Å². The van der Waals surface area contributed by atoms with Crippen molar-refractivity contribution in [3.8, 4) is 5.75 Å². The van der Waals surface area contributed by atoms with E-state index in [0.717, 1.165) is 16.7 Å². The van der Waals surface area contributed by atoms with Gasteiger partial charge in [0.25, 0.3) is 0 Å². The summed E-state index contributed by atoms with van der Waals surface area (Å²) in [5, 5.41) is 18.7. The normalized spacial score (nSPS) is 19.4. The number of anilines is 1. The predicted molar refractivity (Wildman–Crippen MR) is 202 cm³/mol. The second kappa shape index (κ2) is 17.6. The lowest BCUT2D eigenvalue weighted by atomic mass is 9.80. The molecular weight excluding hydrogens is 763 g/mol. The minimum absolute atomic E-state index is 0.121. The van der Waals surface area contributed by atoms with Crippen LogP contribution in [0.5, 0.6) is 5.75 Å². The fourth-order valence-corrected chi connectivity index (χ4v) is 6.86. The van der Waals surface area contributed by atoms with Crippen molar-refractivity contribution in [1.82, 2.24) is 30.2 Å². The van der Waals surface area contributed by atoms with E-state index in [4.69, 9.17) is 18.9 Å². The Balaban J connectivity index is 1.36. The van der Waals surface area contributed by atoms with Gasteiger partial charge in [0.2, 0.25) is 5.91 Å². The summed E-state index contributed by atoms with van der Waals surface area (Å²) in [6.45, 7) is 2.10. The first-order chi connectivity index (χ1) is 27.8. The smallest absolute Gasteiger partial charge is 0.471 e. The fraction of sp³-hybridized carbons (Fsp3) is 0.350. The van der Waals surface area contributed by atoms with Gasteiger partial charge in [-0.3, -0.25) is 14.2 Å². The van der Waals surface area contributed by atoms with E-state index >= 15 is 0 Å². The van der Waals surface area contributed by atoms with Gasteiger partial charge in [-0.1, -0.05) is 79.7 Å². The SMILES string of the molecule is CCCC(=O)Nc1ncnc2c1ncn2[C@]1(C)O[C@H](COC(c2ccccc2)(c2ccccc2)c2ccc(OC)cc2)[C@@H](O)[C@H]1OC(=O)NCCNC(=O)C(F)(F)F. The number of halogens is 3. The summed E-state index contributed by atoms with van der Waals surface area (Å²) in [7, 11) is 1.56. The number of ether oxygens (including phenoxy) is 4. The van der Waals surface area contributed by atoms with Crippen LogP contribution in [-0.4, -0.2) is 93.8 Å². The molecule has 2 aromatic heterocycles. The number of benzene rings is 3. The highest BCUT2D eigenvalue weighted by Crippen LogP contribution is 2.44. The Labute approximate surface area is 330 Å². The molecule has 3 amide bonds. The predicted octanol–water partition coefficient (Wildman–Crippen LogP) is 4.79. The van der Waals surface area contributed by atoms with Crippen molar-refractivity contribution >= 4 is 34.9 Å². The number of carbonyl (C=O) groups excluding carboxylic acids is 3. The number of hydrogen-bond acceptors (Lipinski definition) is 11. The lowest BCUT2D eigenvalue weighted by molar-refractivity contribution is -0.173. The van der Waals surface area contributed by atoms with Gasteiger partial charge in [-0.15, -0.1) is 0 Å². The Kier molecular flexibility index (Phi) is 12.6. The molecule has 18 heteroatoms. The molecule has 1 fully saturated rings. The van der Waals surface area contributed by atoms with Crippen LogP contribution in [0.25, 0.3) is 11.2 Å². The number of alkyl halides is 3. The van der Waals surface area contributed by atoms with E-state index in [0.29, 0.717) is 12.2 Å². The fourth-order valence-electron chi connectivity index (χ4n) is 6.86. The highest BCUT2D eigenvalue weighted by atomic mass is 19.4. The van der Waals surface area contributed by atoms with Crippen molar-refractivity contribution in [3.05, 3.63) is 114 Å². The number of nitrogens with zero attached hydrogens (tertiary/aromatic N) is 4. The molecule has 1 aliphatic rings. The van der Waals surface area contributed by atoms with Gasteiger partial charge in [0, 0.05) is 19.5 Å². The Morgan fingerprint density at radius 2 is 1.52 bits per heavy atom. The van der Waals surface area contributed by atoms with E-state index in [2.05, 4.69) is 25.6 Å². The number of imidazole rings is 1. The molecule has 3 heterocycles. The standard InChI is InChI=1S/C40H42F3N7O8/c1-4-11-30(51)49-34-31-35(47-23-46-34)50(24-48-31)38(2)33(57-37(54)45-21-20-44-36(53)40(41,42)43)32(52)29(58-38)22-56-39(25-12-7-5-8-13-25,26-14-9-6-10-15-26)27-16-18-28(55-3)19-17-27/h5-10,12-19,23-24,29,32-33,52H,4,11,20-22H2,1-3H3,(H,44,53)(H,45,54)(H,46,47,49,51)/t29-,32-,33-,38-/m1/s1. The number of aliphatic hydroxyl groups excluding tert-OH is 1. The largest absolute Gasteiger partial charge is 0.497 e. The zero-order chi connectivity index (χ0) is 41.5. The minimum Gasteiger partial charge on any atom is -0.497 e. The first-order valence-corrected chi connectivity index (χ1v) is 18.3. The molecule has 3 aromatic carbocycles. The van der Waals surface area contributed by atoms with Gasteiger partial charge < -0.3 is 40.0 Å². The molecule has 4 N–H and O–H groups in total. The molecule has 306 valence electrons. The highest BCUT2D eigenvalue weighted by molar-refractivity contribution is 5.96. The minimum atomic E-state index is -5.10. The quantitative estimate of drug-likeness (QED) is 0.0842. The van der Waals surface area contributed by atoms with Crippen LogP contribution in [0.3, 0.4) is 0 Å². The van der Waals surface area contributed by atoms with Gasteiger partial charge in [-0.2, -0.15) is 13.2 Å². The van der Waals surface area contributed by atoms with Crippen molar-refractivity contribution in [2.75, 3.05) is 32.1 Å². The van der Waals surface area contributed by atoms with Gasteiger partial charge in [0.05, 0.1) is 20.0 Å². The zero-order valence-corrected chi connectivity index (χ0v) is 31.7. The molecule has 4 atom stereocenters. The molecule has 0 saturated carbocycles. The third-order valence-corrected chi connectivity index (χ3v) is 9.65. The Bertz CT molecular complexity index is 2150. The third-order valence-electron chi connectivity index (χ3n) is 9.65. The van der Waals surface area contributed by atoms with E-state index in [1.807, 2.05) is 79.7 Å². The molecule has 1 saturated heterocycles. The molecule has 6 rings (SSSR count). The van der Waals surface area contributed by atoms with Crippen LogP contribution >= 0.6 is 0 Å². The number of aliphatic hydroxyl groups is 1. The van der Waals surface area contributed by atoms with Crippen LogP contribution in [-0.2, 0) is 35.1 Å². The number of hydrogen-bond donors (Lipinski definition) is 4. The summed E-state index contributed by atoms with van der Waals surface area (Å²) in [4.78, 5) is 49.9. The molecule has 0 bridgehead atoms. The lowest BCUT2D eigenvalue weighted by Crippen LogP contribution is -2.48. The monoisotopic (exact) mass is 805 g/mol. The van der Waals surface area contributed by atoms with E-state index in [1.165, 1.54) is 24.1 Å². The number of aromatic nitrogens is 4. The van der Waals surface area contributed by atoms with Gasteiger partial charge in [0.15, 0.2) is 28.8 Å². The van der Waals surface area contributed by atoms with Crippen molar-refractivity contribution in [3.63, 3.8) is 0 Å². The zero-order valence-electron chi connectivity index (χ0n) is 31.7. The molecule has 58 heavy (non-hydrogen) atoms. The number of fused-ring (bicyclic) bond motifs is 1. The van der Waals surface area contributed by atoms with Gasteiger partial charge in [0.1, 0.15) is 29.9 Å². The molecular formula is C40H42F3N7O8. The number of carbonyl (C=O) groups is 3. The first-order valence-electron chi connectivity index (χ1n) is 18.3. The molecule has 1 aliphatic heterocycles. The molecule has 0 aliphatic carbocycles. The molecule has 15 nitrogen and oxygen atoms in total. The lowest BCUT2D eigenvalue weighted by Gasteiger charge is -2.37. The second-order valence-electron chi connectivity index (χ2n) is 13.5. The summed E-state index contributed by atoms with van der Waals surface area (Å²) < 4.78 is 64.2. The summed E-state index contributed by atoms with van der Waals surface area (Å²) in [6, 6.07) is 26.2. The number of rotatable bonds is 15. The van der Waals surface area contributed by atoms with Crippen LogP contribution in [0.15, 0.2) is 97.6 Å². The maximum atomic E-state index is 13.2.